The molecule has 0 radical (unpaired) electrons. The van der Waals surface area contributed by atoms with Crippen molar-refractivity contribution in [3.05, 3.63) is 66.0 Å². The maximum Gasteiger partial charge on any atom is 0.266 e. The van der Waals surface area contributed by atoms with Crippen LogP contribution in [0, 0.1) is 5.82 Å². The van der Waals surface area contributed by atoms with Crippen LogP contribution in [-0.2, 0) is 6.54 Å². The summed E-state index contributed by atoms with van der Waals surface area (Å²) in [6.07, 6.45) is 3.38. The van der Waals surface area contributed by atoms with Gasteiger partial charge in [0.1, 0.15) is 17.1 Å². The van der Waals surface area contributed by atoms with Crippen LogP contribution in [-0.4, -0.2) is 31.8 Å². The van der Waals surface area contributed by atoms with Crippen LogP contribution in [0.3, 0.4) is 0 Å². The summed E-state index contributed by atoms with van der Waals surface area (Å²) < 4.78 is 46.3. The molecule has 4 rings (SSSR count). The van der Waals surface area contributed by atoms with Crippen LogP contribution in [0.5, 0.6) is 5.75 Å². The highest BCUT2D eigenvalue weighted by atomic mass is 19.3. The van der Waals surface area contributed by atoms with Gasteiger partial charge in [0.25, 0.3) is 6.43 Å². The number of hydrogen-bond acceptors (Lipinski definition) is 5. The number of hydrogen-bond donors (Lipinski definition) is 0. The zero-order valence-electron chi connectivity index (χ0n) is 14.7. The van der Waals surface area contributed by atoms with Gasteiger partial charge in [-0.05, 0) is 29.8 Å². The van der Waals surface area contributed by atoms with Crippen molar-refractivity contribution < 1.29 is 17.9 Å². The van der Waals surface area contributed by atoms with Crippen molar-refractivity contribution in [2.24, 2.45) is 0 Å². The first-order valence-corrected chi connectivity index (χ1v) is 8.29. The van der Waals surface area contributed by atoms with Gasteiger partial charge >= 0.3 is 0 Å². The Kier molecular flexibility index (Phi) is 4.64. The Bertz CT molecular complexity index is 1150. The topological polar surface area (TPSA) is 65.7 Å². The summed E-state index contributed by atoms with van der Waals surface area (Å²) in [5.74, 6) is -0.338. The molecule has 0 amide bonds. The van der Waals surface area contributed by atoms with Crippen LogP contribution in [0.25, 0.3) is 22.4 Å². The van der Waals surface area contributed by atoms with Gasteiger partial charge in [0.15, 0.2) is 5.65 Å². The molecule has 3 aromatic heterocycles. The Hall–Kier alpha value is -3.49. The van der Waals surface area contributed by atoms with Gasteiger partial charge in [-0.2, -0.15) is 5.10 Å². The van der Waals surface area contributed by atoms with E-state index in [0.717, 1.165) is 17.7 Å². The molecule has 0 spiro atoms. The monoisotopic (exact) mass is 385 g/mol. The third kappa shape index (κ3) is 3.38. The summed E-state index contributed by atoms with van der Waals surface area (Å²) in [7, 11) is 1.55. The number of halogens is 3. The molecule has 0 aliphatic rings. The van der Waals surface area contributed by atoms with E-state index in [1.165, 1.54) is 12.3 Å². The Morgan fingerprint density at radius 3 is 2.75 bits per heavy atom. The molecule has 0 saturated heterocycles. The predicted octanol–water partition coefficient (Wildman–Crippen LogP) is 4.02. The van der Waals surface area contributed by atoms with E-state index in [4.69, 9.17) is 4.74 Å². The number of alkyl halides is 2. The Labute approximate surface area is 157 Å². The van der Waals surface area contributed by atoms with E-state index in [2.05, 4.69) is 20.1 Å². The van der Waals surface area contributed by atoms with Crippen LogP contribution in [0.2, 0.25) is 0 Å². The lowest BCUT2D eigenvalue weighted by Crippen LogP contribution is -2.04. The quantitative estimate of drug-likeness (QED) is 0.519. The highest BCUT2D eigenvalue weighted by Gasteiger charge is 2.16. The molecule has 0 fully saturated rings. The Morgan fingerprint density at radius 2 is 1.96 bits per heavy atom. The lowest BCUT2D eigenvalue weighted by Gasteiger charge is -2.07. The van der Waals surface area contributed by atoms with Gasteiger partial charge in [-0.1, -0.05) is 0 Å². The van der Waals surface area contributed by atoms with Crippen LogP contribution in [0.4, 0.5) is 13.2 Å². The van der Waals surface area contributed by atoms with E-state index >= 15 is 0 Å². The van der Waals surface area contributed by atoms with Crippen molar-refractivity contribution in [3.8, 4) is 17.0 Å². The molecule has 6 nitrogen and oxygen atoms in total. The molecule has 0 N–H and O–H groups in total. The Morgan fingerprint density at radius 1 is 1.11 bits per heavy atom. The van der Waals surface area contributed by atoms with Crippen LogP contribution < -0.4 is 4.74 Å². The maximum absolute atomic E-state index is 13.6. The number of fused-ring (bicyclic) bond motifs is 1. The number of aromatic nitrogens is 5. The molecule has 0 unspecified atom stereocenters. The zero-order chi connectivity index (χ0) is 19.7. The number of benzene rings is 1. The highest BCUT2D eigenvalue weighted by Crippen LogP contribution is 2.27. The van der Waals surface area contributed by atoms with Crippen molar-refractivity contribution >= 4 is 11.2 Å². The minimum atomic E-state index is -2.91. The highest BCUT2D eigenvalue weighted by molar-refractivity contribution is 5.73. The maximum atomic E-state index is 13.6. The number of ether oxygens (including phenoxy) is 1. The summed E-state index contributed by atoms with van der Waals surface area (Å²) >= 11 is 0. The second-order valence-electron chi connectivity index (χ2n) is 6.04. The molecule has 0 bridgehead atoms. The molecular formula is C19H14F3N5O. The second-order valence-corrected chi connectivity index (χ2v) is 6.04. The van der Waals surface area contributed by atoms with Gasteiger partial charge in [0.05, 0.1) is 43.5 Å². The van der Waals surface area contributed by atoms with E-state index in [0.29, 0.717) is 34.7 Å². The number of nitrogens with zero attached hydrogens (tertiary/aromatic N) is 5. The summed E-state index contributed by atoms with van der Waals surface area (Å²) in [6.45, 7) is 0.373. The lowest BCUT2D eigenvalue weighted by molar-refractivity contribution is 0.146. The number of pyridine rings is 1. The third-order valence-corrected chi connectivity index (χ3v) is 4.21. The molecule has 0 aliphatic heterocycles. The minimum Gasteiger partial charge on any atom is -0.495 e. The van der Waals surface area contributed by atoms with E-state index in [1.54, 1.807) is 30.4 Å². The van der Waals surface area contributed by atoms with Gasteiger partial charge < -0.3 is 4.74 Å². The SMILES string of the molecule is COc1cncc(Cn2ncc3ncc(-c4ccc(F)c(C(F)F)c4)nc32)c1. The van der Waals surface area contributed by atoms with Gasteiger partial charge in [-0.3, -0.25) is 4.98 Å². The summed E-state index contributed by atoms with van der Waals surface area (Å²) in [5, 5.41) is 4.28. The van der Waals surface area contributed by atoms with Gasteiger partial charge in [-0.15, -0.1) is 0 Å². The fourth-order valence-corrected chi connectivity index (χ4v) is 2.81. The molecule has 3 heterocycles. The van der Waals surface area contributed by atoms with E-state index in [1.807, 2.05) is 6.07 Å². The van der Waals surface area contributed by atoms with Crippen molar-refractivity contribution in [3.63, 3.8) is 0 Å². The van der Waals surface area contributed by atoms with Crippen LogP contribution in [0.15, 0.2) is 49.1 Å². The van der Waals surface area contributed by atoms with Crippen molar-refractivity contribution in [2.75, 3.05) is 7.11 Å². The molecule has 0 saturated carbocycles. The first-order valence-electron chi connectivity index (χ1n) is 8.29. The van der Waals surface area contributed by atoms with E-state index in [-0.39, 0.29) is 0 Å². The average Bonchev–Trinajstić information content (AvgIpc) is 3.10. The fourth-order valence-electron chi connectivity index (χ4n) is 2.81. The third-order valence-electron chi connectivity index (χ3n) is 4.21. The molecule has 9 heteroatoms. The fraction of sp³-hybridized carbons (Fsp3) is 0.158. The molecule has 0 aliphatic carbocycles. The van der Waals surface area contributed by atoms with Crippen LogP contribution >= 0.6 is 0 Å². The van der Waals surface area contributed by atoms with E-state index in [9.17, 15) is 13.2 Å². The predicted molar refractivity (Wildman–Crippen MR) is 95.6 cm³/mol. The molecule has 0 atom stereocenters. The first kappa shape index (κ1) is 17.9. The molecule has 28 heavy (non-hydrogen) atoms. The first-order chi connectivity index (χ1) is 13.5. The van der Waals surface area contributed by atoms with Crippen LogP contribution in [0.1, 0.15) is 17.6 Å². The largest absolute Gasteiger partial charge is 0.495 e. The summed E-state index contributed by atoms with van der Waals surface area (Å²) in [6, 6.07) is 5.31. The van der Waals surface area contributed by atoms with Crippen molar-refractivity contribution in [2.45, 2.75) is 13.0 Å². The molecule has 1 aromatic carbocycles. The van der Waals surface area contributed by atoms with Crippen molar-refractivity contribution in [1.29, 1.82) is 0 Å². The standard InChI is InChI=1S/C19H14F3N5O/c1-28-13-4-11(6-23-7-13)10-27-19-17(9-25-27)24-8-16(26-19)12-2-3-15(20)14(5-12)18(21)22/h2-9,18H,10H2,1H3. The van der Waals surface area contributed by atoms with Gasteiger partial charge in [0, 0.05) is 11.8 Å². The molecule has 4 aromatic rings. The smallest absolute Gasteiger partial charge is 0.266 e. The van der Waals surface area contributed by atoms with Gasteiger partial charge in [-0.25, -0.2) is 27.8 Å². The van der Waals surface area contributed by atoms with Crippen molar-refractivity contribution in [1.82, 2.24) is 24.7 Å². The van der Waals surface area contributed by atoms with E-state index < -0.39 is 17.8 Å². The molecule has 142 valence electrons. The Balaban J connectivity index is 1.73. The molecular weight excluding hydrogens is 371 g/mol. The zero-order valence-corrected chi connectivity index (χ0v) is 14.7. The lowest BCUT2D eigenvalue weighted by atomic mass is 10.1. The minimum absolute atomic E-state index is 0.347. The number of methoxy groups -OCH3 is 1. The normalized spacial score (nSPS) is 11.3. The van der Waals surface area contributed by atoms with Gasteiger partial charge in [0.2, 0.25) is 0 Å². The second kappa shape index (κ2) is 7.26. The summed E-state index contributed by atoms with van der Waals surface area (Å²) in [5.41, 5.74) is 1.90. The number of rotatable bonds is 5. The summed E-state index contributed by atoms with van der Waals surface area (Å²) in [4.78, 5) is 12.9. The average molecular weight is 385 g/mol.